The average Bonchev–Trinajstić information content (AvgIpc) is 2.61. The minimum atomic E-state index is -0.542. The van der Waals surface area contributed by atoms with Crippen molar-refractivity contribution in [2.45, 2.75) is 19.8 Å². The molecule has 0 bridgehead atoms. The number of para-hydroxylation sites is 1. The largest absolute Gasteiger partial charge is 0.465 e. The molecule has 0 unspecified atom stereocenters. The van der Waals surface area contributed by atoms with Crippen LogP contribution >= 0.6 is 11.6 Å². The molecule has 1 aromatic heterocycles. The fourth-order valence-electron chi connectivity index (χ4n) is 2.32. The van der Waals surface area contributed by atoms with Crippen molar-refractivity contribution in [3.05, 3.63) is 51.4 Å². The maximum Gasteiger partial charge on any atom is 0.340 e. The number of unbranched alkanes of at least 4 members (excludes halogenated alkanes) is 1. The molecule has 0 aliphatic rings. The standard InChI is InChI=1S/C17H20ClN3O3/c1-4-5-10-20(2)14-11-19-21(16(22)15(14)18)13-9-7-6-8-12(13)17(23)24-3/h6-9,11H,4-5,10H2,1-3H3. The quantitative estimate of drug-likeness (QED) is 0.750. The molecule has 0 aliphatic carbocycles. The van der Waals surface area contributed by atoms with Gasteiger partial charge in [0.15, 0.2) is 0 Å². The predicted octanol–water partition coefficient (Wildman–Crippen LogP) is 2.91. The summed E-state index contributed by atoms with van der Waals surface area (Å²) in [6.45, 7) is 2.87. The van der Waals surface area contributed by atoms with Gasteiger partial charge in [-0.2, -0.15) is 9.78 Å². The summed E-state index contributed by atoms with van der Waals surface area (Å²) in [6, 6.07) is 6.60. The number of carbonyl (C=O) groups excluding carboxylic acids is 1. The molecule has 0 saturated carbocycles. The molecule has 0 radical (unpaired) electrons. The van der Waals surface area contributed by atoms with E-state index >= 15 is 0 Å². The summed E-state index contributed by atoms with van der Waals surface area (Å²) in [5.41, 5.74) is 0.674. The van der Waals surface area contributed by atoms with Crippen LogP contribution in [0.2, 0.25) is 5.02 Å². The van der Waals surface area contributed by atoms with E-state index in [4.69, 9.17) is 16.3 Å². The number of rotatable bonds is 6. The Morgan fingerprint density at radius 1 is 1.38 bits per heavy atom. The van der Waals surface area contributed by atoms with Gasteiger partial charge in [0.05, 0.1) is 30.2 Å². The van der Waals surface area contributed by atoms with Gasteiger partial charge in [0.2, 0.25) is 0 Å². The zero-order chi connectivity index (χ0) is 17.7. The second-order valence-electron chi connectivity index (χ2n) is 5.34. The van der Waals surface area contributed by atoms with Crippen LogP contribution in [0.15, 0.2) is 35.3 Å². The first-order valence-corrected chi connectivity index (χ1v) is 8.05. The monoisotopic (exact) mass is 349 g/mol. The molecule has 0 saturated heterocycles. The Hall–Kier alpha value is -2.34. The van der Waals surface area contributed by atoms with Gasteiger partial charge in [-0.15, -0.1) is 0 Å². The van der Waals surface area contributed by atoms with Gasteiger partial charge in [0.1, 0.15) is 5.02 Å². The van der Waals surface area contributed by atoms with Gasteiger partial charge < -0.3 is 9.64 Å². The van der Waals surface area contributed by atoms with Crippen LogP contribution in [0.5, 0.6) is 0 Å². The fraction of sp³-hybridized carbons (Fsp3) is 0.353. The van der Waals surface area contributed by atoms with Crippen molar-refractivity contribution in [2.24, 2.45) is 0 Å². The molecule has 24 heavy (non-hydrogen) atoms. The van der Waals surface area contributed by atoms with Gasteiger partial charge in [-0.05, 0) is 18.6 Å². The van der Waals surface area contributed by atoms with Crippen LogP contribution in [0, 0.1) is 0 Å². The molecule has 128 valence electrons. The number of aromatic nitrogens is 2. The number of carbonyl (C=O) groups is 1. The van der Waals surface area contributed by atoms with Crippen molar-refractivity contribution < 1.29 is 9.53 Å². The smallest absolute Gasteiger partial charge is 0.340 e. The van der Waals surface area contributed by atoms with E-state index in [1.807, 2.05) is 11.9 Å². The predicted molar refractivity (Wildman–Crippen MR) is 94.4 cm³/mol. The number of ether oxygens (including phenoxy) is 1. The maximum atomic E-state index is 12.6. The Morgan fingerprint density at radius 2 is 2.08 bits per heavy atom. The van der Waals surface area contributed by atoms with Crippen molar-refractivity contribution in [3.8, 4) is 5.69 Å². The van der Waals surface area contributed by atoms with E-state index in [0.717, 1.165) is 24.1 Å². The van der Waals surface area contributed by atoms with Crippen LogP contribution in [0.25, 0.3) is 5.69 Å². The first-order valence-electron chi connectivity index (χ1n) is 7.68. The Balaban J connectivity index is 2.50. The topological polar surface area (TPSA) is 64.4 Å². The van der Waals surface area contributed by atoms with Crippen molar-refractivity contribution in [1.82, 2.24) is 9.78 Å². The molecular weight excluding hydrogens is 330 g/mol. The van der Waals surface area contributed by atoms with Gasteiger partial charge in [-0.1, -0.05) is 37.1 Å². The van der Waals surface area contributed by atoms with E-state index in [-0.39, 0.29) is 10.6 Å². The number of esters is 1. The second kappa shape index (κ2) is 7.97. The first kappa shape index (κ1) is 18.0. The normalized spacial score (nSPS) is 10.5. The van der Waals surface area contributed by atoms with Crippen LogP contribution in [0.4, 0.5) is 5.69 Å². The Kier molecular flexibility index (Phi) is 5.98. The van der Waals surface area contributed by atoms with E-state index in [0.29, 0.717) is 11.4 Å². The number of nitrogens with zero attached hydrogens (tertiary/aromatic N) is 3. The van der Waals surface area contributed by atoms with E-state index in [1.54, 1.807) is 24.3 Å². The van der Waals surface area contributed by atoms with Gasteiger partial charge in [-0.25, -0.2) is 4.79 Å². The maximum absolute atomic E-state index is 12.6. The SMILES string of the molecule is CCCCN(C)c1cnn(-c2ccccc2C(=O)OC)c(=O)c1Cl. The number of halogens is 1. The molecule has 0 aliphatic heterocycles. The number of methoxy groups -OCH3 is 1. The highest BCUT2D eigenvalue weighted by atomic mass is 35.5. The van der Waals surface area contributed by atoms with E-state index in [9.17, 15) is 9.59 Å². The number of hydrogen-bond donors (Lipinski definition) is 0. The summed E-state index contributed by atoms with van der Waals surface area (Å²) < 4.78 is 5.87. The zero-order valence-electron chi connectivity index (χ0n) is 14.0. The molecule has 0 amide bonds. The molecular formula is C17H20ClN3O3. The second-order valence-corrected chi connectivity index (χ2v) is 5.72. The van der Waals surface area contributed by atoms with Gasteiger partial charge in [0, 0.05) is 13.6 Å². The van der Waals surface area contributed by atoms with Crippen molar-refractivity contribution in [2.75, 3.05) is 25.6 Å². The molecule has 7 heteroatoms. The minimum Gasteiger partial charge on any atom is -0.465 e. The number of benzene rings is 1. The summed E-state index contributed by atoms with van der Waals surface area (Å²) in [6.07, 6.45) is 3.56. The van der Waals surface area contributed by atoms with Crippen LogP contribution in [-0.2, 0) is 4.74 Å². The molecule has 0 fully saturated rings. The third-order valence-corrected chi connectivity index (χ3v) is 4.05. The highest BCUT2D eigenvalue weighted by Crippen LogP contribution is 2.22. The van der Waals surface area contributed by atoms with Gasteiger partial charge in [-0.3, -0.25) is 4.79 Å². The van der Waals surface area contributed by atoms with Gasteiger partial charge >= 0.3 is 5.97 Å². The lowest BCUT2D eigenvalue weighted by Crippen LogP contribution is -2.28. The van der Waals surface area contributed by atoms with E-state index < -0.39 is 11.5 Å². The summed E-state index contributed by atoms with van der Waals surface area (Å²) in [7, 11) is 3.15. The molecule has 1 heterocycles. The van der Waals surface area contributed by atoms with Crippen LogP contribution in [0.1, 0.15) is 30.1 Å². The lowest BCUT2D eigenvalue weighted by Gasteiger charge is -2.20. The summed E-state index contributed by atoms with van der Waals surface area (Å²) >= 11 is 6.26. The number of anilines is 1. The lowest BCUT2D eigenvalue weighted by atomic mass is 10.2. The molecule has 0 N–H and O–H groups in total. The molecule has 0 spiro atoms. The van der Waals surface area contributed by atoms with Gasteiger partial charge in [0.25, 0.3) is 5.56 Å². The van der Waals surface area contributed by atoms with Crippen LogP contribution in [-0.4, -0.2) is 36.5 Å². The minimum absolute atomic E-state index is 0.0725. The van der Waals surface area contributed by atoms with Crippen LogP contribution < -0.4 is 10.5 Å². The molecule has 6 nitrogen and oxygen atoms in total. The van der Waals surface area contributed by atoms with E-state index in [2.05, 4.69) is 12.0 Å². The Morgan fingerprint density at radius 3 is 2.75 bits per heavy atom. The third-order valence-electron chi connectivity index (χ3n) is 3.70. The average molecular weight is 350 g/mol. The van der Waals surface area contributed by atoms with Crippen molar-refractivity contribution in [1.29, 1.82) is 0 Å². The highest BCUT2D eigenvalue weighted by Gasteiger charge is 2.18. The third kappa shape index (κ3) is 3.59. The lowest BCUT2D eigenvalue weighted by molar-refractivity contribution is 0.0600. The molecule has 0 atom stereocenters. The van der Waals surface area contributed by atoms with Crippen LogP contribution in [0.3, 0.4) is 0 Å². The molecule has 2 rings (SSSR count). The van der Waals surface area contributed by atoms with Crippen molar-refractivity contribution in [3.63, 3.8) is 0 Å². The Bertz CT molecular complexity index is 789. The Labute approximate surface area is 145 Å². The van der Waals surface area contributed by atoms with Crippen molar-refractivity contribution >= 4 is 23.3 Å². The fourth-order valence-corrected chi connectivity index (χ4v) is 2.59. The molecule has 2 aromatic rings. The molecule has 1 aromatic carbocycles. The van der Waals surface area contributed by atoms with E-state index in [1.165, 1.54) is 13.3 Å². The number of hydrogen-bond acceptors (Lipinski definition) is 5. The highest BCUT2D eigenvalue weighted by molar-refractivity contribution is 6.33. The summed E-state index contributed by atoms with van der Waals surface area (Å²) in [5, 5.41) is 4.26. The summed E-state index contributed by atoms with van der Waals surface area (Å²) in [4.78, 5) is 26.4. The zero-order valence-corrected chi connectivity index (χ0v) is 14.7. The first-order chi connectivity index (χ1) is 11.5. The summed E-state index contributed by atoms with van der Waals surface area (Å²) in [5.74, 6) is -0.542.